The molecular formula is C5H10N2O. The maximum Gasteiger partial charge on any atom is 0.146 e. The fourth-order valence-electron chi connectivity index (χ4n) is 1.02. The van der Waals surface area contributed by atoms with Crippen LogP contribution < -0.4 is 5.43 Å². The summed E-state index contributed by atoms with van der Waals surface area (Å²) >= 11 is 0. The molecular weight excluding hydrogens is 104 g/mol. The summed E-state index contributed by atoms with van der Waals surface area (Å²) in [5.74, 6) is 0. The lowest BCUT2D eigenvalue weighted by Gasteiger charge is -2.09. The van der Waals surface area contributed by atoms with Crippen molar-refractivity contribution in [3.05, 3.63) is 0 Å². The second-order valence-corrected chi connectivity index (χ2v) is 2.24. The number of ether oxygens (including phenoxy) is 1. The van der Waals surface area contributed by atoms with Crippen molar-refractivity contribution in [1.29, 1.82) is 0 Å². The van der Waals surface area contributed by atoms with Crippen LogP contribution in [0.15, 0.2) is 0 Å². The van der Waals surface area contributed by atoms with Crippen LogP contribution in [0.4, 0.5) is 0 Å². The van der Waals surface area contributed by atoms with Gasteiger partial charge in [-0.2, -0.15) is 0 Å². The highest BCUT2D eigenvalue weighted by atomic mass is 16.6. The standard InChI is InChI=1S/C5H10N2O/c1-2-6-7(3-1)5-4-8-5/h5-6H,1-4H2. The Morgan fingerprint density at radius 1 is 1.62 bits per heavy atom. The van der Waals surface area contributed by atoms with Crippen LogP contribution in [0.5, 0.6) is 0 Å². The molecule has 2 saturated heterocycles. The molecule has 0 spiro atoms. The van der Waals surface area contributed by atoms with Gasteiger partial charge in [-0.3, -0.25) is 5.43 Å². The summed E-state index contributed by atoms with van der Waals surface area (Å²) in [6.07, 6.45) is 1.68. The van der Waals surface area contributed by atoms with E-state index in [1.807, 2.05) is 0 Å². The van der Waals surface area contributed by atoms with Gasteiger partial charge < -0.3 is 4.74 Å². The molecule has 2 aliphatic heterocycles. The second kappa shape index (κ2) is 1.69. The van der Waals surface area contributed by atoms with Crippen LogP contribution in [0.2, 0.25) is 0 Å². The summed E-state index contributed by atoms with van der Waals surface area (Å²) in [6.45, 7) is 3.21. The zero-order chi connectivity index (χ0) is 5.40. The lowest BCUT2D eigenvalue weighted by atomic mass is 10.5. The van der Waals surface area contributed by atoms with Crippen LogP contribution in [0.1, 0.15) is 6.42 Å². The minimum absolute atomic E-state index is 0.414. The van der Waals surface area contributed by atoms with Crippen LogP contribution >= 0.6 is 0 Å². The highest BCUT2D eigenvalue weighted by molar-refractivity contribution is 4.72. The first-order chi connectivity index (χ1) is 3.97. The van der Waals surface area contributed by atoms with E-state index in [-0.39, 0.29) is 0 Å². The molecule has 2 fully saturated rings. The molecule has 0 aromatic rings. The van der Waals surface area contributed by atoms with Gasteiger partial charge in [-0.05, 0) is 6.42 Å². The van der Waals surface area contributed by atoms with E-state index in [9.17, 15) is 0 Å². The van der Waals surface area contributed by atoms with Crippen molar-refractivity contribution in [3.8, 4) is 0 Å². The quantitative estimate of drug-likeness (QED) is 0.468. The van der Waals surface area contributed by atoms with Gasteiger partial charge in [0.2, 0.25) is 0 Å². The van der Waals surface area contributed by atoms with E-state index in [0.29, 0.717) is 6.23 Å². The van der Waals surface area contributed by atoms with E-state index in [0.717, 1.165) is 19.7 Å². The topological polar surface area (TPSA) is 27.8 Å². The molecule has 1 atom stereocenters. The fourth-order valence-corrected chi connectivity index (χ4v) is 1.02. The van der Waals surface area contributed by atoms with Gasteiger partial charge >= 0.3 is 0 Å². The molecule has 46 valence electrons. The SMILES string of the molecule is C1CNN(C2CO2)C1. The Kier molecular flexibility index (Phi) is 0.997. The van der Waals surface area contributed by atoms with Crippen LogP contribution in [-0.4, -0.2) is 30.9 Å². The van der Waals surface area contributed by atoms with E-state index in [2.05, 4.69) is 10.4 Å². The van der Waals surface area contributed by atoms with Crippen LogP contribution in [-0.2, 0) is 4.74 Å². The van der Waals surface area contributed by atoms with Crippen LogP contribution in [0, 0.1) is 0 Å². The maximum absolute atomic E-state index is 5.06. The average molecular weight is 114 g/mol. The number of hydrogen-bond donors (Lipinski definition) is 1. The third-order valence-electron chi connectivity index (χ3n) is 1.55. The zero-order valence-corrected chi connectivity index (χ0v) is 4.76. The van der Waals surface area contributed by atoms with Crippen molar-refractivity contribution in [2.24, 2.45) is 0 Å². The predicted octanol–water partition coefficient (Wildman–Crippen LogP) is -0.447. The van der Waals surface area contributed by atoms with Crippen molar-refractivity contribution < 1.29 is 4.74 Å². The van der Waals surface area contributed by atoms with Gasteiger partial charge in [0.1, 0.15) is 6.23 Å². The van der Waals surface area contributed by atoms with Gasteiger partial charge in [0.25, 0.3) is 0 Å². The smallest absolute Gasteiger partial charge is 0.146 e. The highest BCUT2D eigenvalue weighted by Gasteiger charge is 2.31. The first kappa shape index (κ1) is 4.73. The number of hydrogen-bond acceptors (Lipinski definition) is 3. The summed E-state index contributed by atoms with van der Waals surface area (Å²) < 4.78 is 5.06. The first-order valence-electron chi connectivity index (χ1n) is 3.08. The summed E-state index contributed by atoms with van der Waals surface area (Å²) in [6, 6.07) is 0. The Labute approximate surface area is 48.6 Å². The average Bonchev–Trinajstić information content (AvgIpc) is 2.49. The third kappa shape index (κ3) is 0.727. The fraction of sp³-hybridized carbons (Fsp3) is 1.00. The zero-order valence-electron chi connectivity index (χ0n) is 4.76. The highest BCUT2D eigenvalue weighted by Crippen LogP contribution is 2.15. The number of epoxide rings is 1. The summed E-state index contributed by atoms with van der Waals surface area (Å²) in [7, 11) is 0. The number of hydrazine groups is 1. The van der Waals surface area contributed by atoms with Gasteiger partial charge in [-0.25, -0.2) is 5.01 Å². The Morgan fingerprint density at radius 2 is 2.50 bits per heavy atom. The molecule has 0 aromatic heterocycles. The molecule has 0 bridgehead atoms. The second-order valence-electron chi connectivity index (χ2n) is 2.24. The third-order valence-corrected chi connectivity index (χ3v) is 1.55. The Hall–Kier alpha value is -0.120. The van der Waals surface area contributed by atoms with Crippen LogP contribution in [0.25, 0.3) is 0 Å². The van der Waals surface area contributed by atoms with Crippen molar-refractivity contribution in [3.63, 3.8) is 0 Å². The number of nitrogens with zero attached hydrogens (tertiary/aromatic N) is 1. The largest absolute Gasteiger partial charge is 0.355 e. The molecule has 0 radical (unpaired) electrons. The molecule has 3 nitrogen and oxygen atoms in total. The normalized spacial score (nSPS) is 38.2. The molecule has 2 rings (SSSR count). The van der Waals surface area contributed by atoms with E-state index in [1.54, 1.807) is 0 Å². The van der Waals surface area contributed by atoms with Gasteiger partial charge in [0.05, 0.1) is 6.61 Å². The van der Waals surface area contributed by atoms with Crippen molar-refractivity contribution in [2.45, 2.75) is 12.6 Å². The summed E-state index contributed by atoms with van der Waals surface area (Å²) in [5, 5.41) is 2.17. The van der Waals surface area contributed by atoms with E-state index >= 15 is 0 Å². The molecule has 0 aromatic carbocycles. The Bertz CT molecular complexity index is 86.4. The predicted molar refractivity (Wildman–Crippen MR) is 29.1 cm³/mol. The number of nitrogens with one attached hydrogen (secondary N) is 1. The van der Waals surface area contributed by atoms with Gasteiger partial charge in [0, 0.05) is 13.1 Å². The minimum atomic E-state index is 0.414. The first-order valence-corrected chi connectivity index (χ1v) is 3.08. The molecule has 0 aliphatic carbocycles. The molecule has 3 heteroatoms. The Morgan fingerprint density at radius 3 is 3.00 bits per heavy atom. The number of rotatable bonds is 1. The Balaban J connectivity index is 1.86. The van der Waals surface area contributed by atoms with Gasteiger partial charge in [-0.15, -0.1) is 0 Å². The monoisotopic (exact) mass is 114 g/mol. The van der Waals surface area contributed by atoms with E-state index < -0.39 is 0 Å². The lowest BCUT2D eigenvalue weighted by Crippen LogP contribution is -2.33. The molecule has 0 amide bonds. The summed E-state index contributed by atoms with van der Waals surface area (Å²) in [5.41, 5.74) is 3.23. The summed E-state index contributed by atoms with van der Waals surface area (Å²) in [4.78, 5) is 0. The molecule has 1 N–H and O–H groups in total. The maximum atomic E-state index is 5.06. The van der Waals surface area contributed by atoms with E-state index in [4.69, 9.17) is 4.74 Å². The van der Waals surface area contributed by atoms with Crippen molar-refractivity contribution in [1.82, 2.24) is 10.4 Å². The van der Waals surface area contributed by atoms with E-state index in [1.165, 1.54) is 6.42 Å². The van der Waals surface area contributed by atoms with Crippen molar-refractivity contribution in [2.75, 3.05) is 19.7 Å². The molecule has 2 heterocycles. The van der Waals surface area contributed by atoms with Gasteiger partial charge in [-0.1, -0.05) is 0 Å². The molecule has 1 unspecified atom stereocenters. The molecule has 8 heavy (non-hydrogen) atoms. The minimum Gasteiger partial charge on any atom is -0.355 e. The molecule has 2 aliphatic rings. The van der Waals surface area contributed by atoms with Crippen molar-refractivity contribution >= 4 is 0 Å². The van der Waals surface area contributed by atoms with Gasteiger partial charge in [0.15, 0.2) is 0 Å². The molecule has 0 saturated carbocycles. The lowest BCUT2D eigenvalue weighted by molar-refractivity contribution is 0.157. The van der Waals surface area contributed by atoms with Crippen LogP contribution in [0.3, 0.4) is 0 Å².